The molecule has 3 rings (SSSR count). The largest absolute Gasteiger partial charge is 0.422 e. The lowest BCUT2D eigenvalue weighted by molar-refractivity contribution is 0.170. The zero-order chi connectivity index (χ0) is 23.6. The number of nitrogens with zero attached hydrogens (tertiary/aromatic N) is 2. The van der Waals surface area contributed by atoms with Gasteiger partial charge in [-0.3, -0.25) is 4.72 Å². The highest BCUT2D eigenvalue weighted by atomic mass is 32.2. The van der Waals surface area contributed by atoms with Crippen molar-refractivity contribution in [2.45, 2.75) is 13.3 Å². The van der Waals surface area contributed by atoms with Crippen molar-refractivity contribution in [1.82, 2.24) is 14.6 Å². The maximum atomic E-state index is 14.5. The number of aromatic nitrogens is 1. The second-order valence-electron chi connectivity index (χ2n) is 7.07. The summed E-state index contributed by atoms with van der Waals surface area (Å²) in [5, 5.41) is 0.340. The summed E-state index contributed by atoms with van der Waals surface area (Å²) in [6, 6.07) is 5.38. The van der Waals surface area contributed by atoms with Crippen molar-refractivity contribution < 1.29 is 26.8 Å². The Morgan fingerprint density at radius 3 is 2.66 bits per heavy atom. The molecular weight excluding hydrogens is 443 g/mol. The van der Waals surface area contributed by atoms with Crippen molar-refractivity contribution in [3.63, 3.8) is 0 Å². The molecule has 0 aliphatic heterocycles. The van der Waals surface area contributed by atoms with Crippen LogP contribution in [-0.2, 0) is 16.6 Å². The van der Waals surface area contributed by atoms with E-state index in [0.717, 1.165) is 17.0 Å². The van der Waals surface area contributed by atoms with Crippen molar-refractivity contribution in [3.05, 3.63) is 63.4 Å². The standard InChI is InChI=1S/C20H21FN4O6S/c1-11-13-9-15(21)17(31-20(27)25(3)4)10-16(13)30-19(26)14(11)7-12-5-6-23-18(8-12)24-32(28,29)22-2/h5-6,8-10,22H,7H2,1-4H3,(H,23,24). The number of fused-ring (bicyclic) bond motifs is 1. The predicted octanol–water partition coefficient (Wildman–Crippen LogP) is 2.16. The number of nitrogens with one attached hydrogen (secondary N) is 2. The van der Waals surface area contributed by atoms with E-state index in [1.54, 1.807) is 13.0 Å². The number of pyridine rings is 1. The number of carbonyl (C=O) groups is 1. The fourth-order valence-electron chi connectivity index (χ4n) is 2.89. The van der Waals surface area contributed by atoms with Gasteiger partial charge in [0.2, 0.25) is 0 Å². The maximum Gasteiger partial charge on any atom is 0.414 e. The molecule has 0 bridgehead atoms. The number of halogens is 1. The summed E-state index contributed by atoms with van der Waals surface area (Å²) in [7, 11) is 0.399. The molecule has 1 amide bonds. The molecule has 2 heterocycles. The number of carbonyl (C=O) groups excluding carboxylic acids is 1. The third-order valence-electron chi connectivity index (χ3n) is 4.62. The molecule has 0 fully saturated rings. The lowest BCUT2D eigenvalue weighted by atomic mass is 10.00. The Balaban J connectivity index is 1.98. The molecule has 0 aliphatic carbocycles. The Labute approximate surface area is 183 Å². The van der Waals surface area contributed by atoms with Gasteiger partial charge in [-0.2, -0.15) is 8.42 Å². The van der Waals surface area contributed by atoms with E-state index in [9.17, 15) is 22.4 Å². The number of hydrogen-bond acceptors (Lipinski definition) is 7. The molecule has 0 atom stereocenters. The van der Waals surface area contributed by atoms with Gasteiger partial charge in [0.25, 0.3) is 10.2 Å². The van der Waals surface area contributed by atoms with Gasteiger partial charge in [0.05, 0.1) is 0 Å². The van der Waals surface area contributed by atoms with Crippen LogP contribution >= 0.6 is 0 Å². The topological polar surface area (TPSA) is 131 Å². The van der Waals surface area contributed by atoms with Crippen molar-refractivity contribution in [2.75, 3.05) is 25.9 Å². The van der Waals surface area contributed by atoms with Gasteiger partial charge < -0.3 is 14.1 Å². The first kappa shape index (κ1) is 23.2. The number of rotatable bonds is 6. The van der Waals surface area contributed by atoms with E-state index in [2.05, 4.69) is 14.4 Å². The van der Waals surface area contributed by atoms with Gasteiger partial charge in [-0.25, -0.2) is 23.7 Å². The van der Waals surface area contributed by atoms with Crippen molar-refractivity contribution in [1.29, 1.82) is 0 Å². The monoisotopic (exact) mass is 464 g/mol. The van der Waals surface area contributed by atoms with E-state index in [1.165, 1.54) is 33.4 Å². The van der Waals surface area contributed by atoms with Crippen LogP contribution in [0.2, 0.25) is 0 Å². The van der Waals surface area contributed by atoms with Crippen LogP contribution in [-0.4, -0.2) is 45.5 Å². The molecule has 2 N–H and O–H groups in total. The Morgan fingerprint density at radius 1 is 1.28 bits per heavy atom. The first-order valence-corrected chi connectivity index (χ1v) is 10.8. The van der Waals surface area contributed by atoms with Crippen LogP contribution in [0.1, 0.15) is 16.7 Å². The van der Waals surface area contributed by atoms with Crippen LogP contribution < -0.4 is 19.8 Å². The highest BCUT2D eigenvalue weighted by molar-refractivity contribution is 7.90. The van der Waals surface area contributed by atoms with Gasteiger partial charge in [-0.1, -0.05) is 0 Å². The normalized spacial score (nSPS) is 11.4. The molecule has 0 spiro atoms. The summed E-state index contributed by atoms with van der Waals surface area (Å²) in [5.74, 6) is -1.08. The highest BCUT2D eigenvalue weighted by Crippen LogP contribution is 2.28. The van der Waals surface area contributed by atoms with Gasteiger partial charge in [0.15, 0.2) is 11.6 Å². The molecule has 0 saturated carbocycles. The maximum absolute atomic E-state index is 14.5. The summed E-state index contributed by atoms with van der Waals surface area (Å²) in [6.45, 7) is 1.64. The molecule has 0 saturated heterocycles. The van der Waals surface area contributed by atoms with E-state index in [-0.39, 0.29) is 29.1 Å². The molecule has 0 unspecified atom stereocenters. The number of hydrogen-bond donors (Lipinski definition) is 2. The molecule has 0 radical (unpaired) electrons. The van der Waals surface area contributed by atoms with Crippen molar-refractivity contribution in [3.8, 4) is 5.75 Å². The minimum Gasteiger partial charge on any atom is -0.422 e. The summed E-state index contributed by atoms with van der Waals surface area (Å²) < 4.78 is 52.5. The fourth-order valence-corrected chi connectivity index (χ4v) is 3.38. The number of anilines is 1. The van der Waals surface area contributed by atoms with Crippen LogP contribution in [0.4, 0.5) is 15.0 Å². The van der Waals surface area contributed by atoms with Crippen LogP contribution in [0.5, 0.6) is 5.75 Å². The van der Waals surface area contributed by atoms with Gasteiger partial charge in [-0.15, -0.1) is 0 Å². The smallest absolute Gasteiger partial charge is 0.414 e. The molecule has 0 aliphatic rings. The van der Waals surface area contributed by atoms with E-state index in [4.69, 9.17) is 9.15 Å². The summed E-state index contributed by atoms with van der Waals surface area (Å²) in [5.41, 5.74) is 0.746. The number of aryl methyl sites for hydroxylation is 1. The highest BCUT2D eigenvalue weighted by Gasteiger charge is 2.18. The van der Waals surface area contributed by atoms with Gasteiger partial charge in [-0.05, 0) is 36.2 Å². The molecule has 32 heavy (non-hydrogen) atoms. The van der Waals surface area contributed by atoms with E-state index in [0.29, 0.717) is 16.5 Å². The average Bonchev–Trinajstić information content (AvgIpc) is 2.72. The van der Waals surface area contributed by atoms with E-state index < -0.39 is 27.7 Å². The van der Waals surface area contributed by atoms with Crippen LogP contribution in [0.25, 0.3) is 11.0 Å². The van der Waals surface area contributed by atoms with Crippen LogP contribution in [0.3, 0.4) is 0 Å². The first-order chi connectivity index (χ1) is 15.0. The number of ether oxygens (including phenoxy) is 1. The minimum absolute atomic E-state index is 0.0661. The zero-order valence-corrected chi connectivity index (χ0v) is 18.5. The second-order valence-corrected chi connectivity index (χ2v) is 8.69. The quantitative estimate of drug-likeness (QED) is 0.535. The van der Waals surface area contributed by atoms with E-state index in [1.807, 2.05) is 0 Å². The first-order valence-electron chi connectivity index (χ1n) is 9.32. The Bertz CT molecular complexity index is 1350. The average molecular weight is 464 g/mol. The third-order valence-corrected chi connectivity index (χ3v) is 5.63. The lowest BCUT2D eigenvalue weighted by Crippen LogP contribution is -2.26. The lowest BCUT2D eigenvalue weighted by Gasteiger charge is -2.13. The fraction of sp³-hybridized carbons (Fsp3) is 0.250. The molecule has 1 aromatic carbocycles. The predicted molar refractivity (Wildman–Crippen MR) is 116 cm³/mol. The molecular formula is C20H21FN4O6S. The summed E-state index contributed by atoms with van der Waals surface area (Å²) >= 11 is 0. The van der Waals surface area contributed by atoms with Crippen molar-refractivity contribution >= 4 is 33.1 Å². The molecule has 170 valence electrons. The van der Waals surface area contributed by atoms with Crippen molar-refractivity contribution in [2.24, 2.45) is 0 Å². The molecule has 3 aromatic rings. The SMILES string of the molecule is CNS(=O)(=O)Nc1cc(Cc2c(C)c3cc(F)c(OC(=O)N(C)C)cc3oc2=O)ccn1. The Kier molecular flexibility index (Phi) is 6.46. The van der Waals surface area contributed by atoms with Crippen LogP contribution in [0.15, 0.2) is 39.7 Å². The minimum atomic E-state index is -3.75. The third kappa shape index (κ3) is 5.03. The Hall–Kier alpha value is -3.51. The van der Waals surface area contributed by atoms with Crippen LogP contribution in [0, 0.1) is 12.7 Å². The van der Waals surface area contributed by atoms with E-state index >= 15 is 0 Å². The second kappa shape index (κ2) is 8.93. The number of amides is 1. The van der Waals surface area contributed by atoms with Gasteiger partial charge in [0.1, 0.15) is 11.4 Å². The summed E-state index contributed by atoms with van der Waals surface area (Å²) in [4.78, 5) is 29.4. The van der Waals surface area contributed by atoms with Gasteiger partial charge in [0, 0.05) is 50.8 Å². The van der Waals surface area contributed by atoms with Gasteiger partial charge >= 0.3 is 11.7 Å². The Morgan fingerprint density at radius 2 is 2.00 bits per heavy atom. The molecule has 2 aromatic heterocycles. The molecule has 12 heteroatoms. The zero-order valence-electron chi connectivity index (χ0n) is 17.7. The summed E-state index contributed by atoms with van der Waals surface area (Å²) in [6.07, 6.45) is 0.715. The number of benzene rings is 1. The molecule has 10 nitrogen and oxygen atoms in total.